The Hall–Kier alpha value is -6.35. The summed E-state index contributed by atoms with van der Waals surface area (Å²) in [5, 5.41) is 12.4. The van der Waals surface area contributed by atoms with Crippen LogP contribution in [0.5, 0.6) is 5.75 Å². The first kappa shape index (κ1) is 43.3. The van der Waals surface area contributed by atoms with Crippen LogP contribution >= 0.6 is 0 Å². The zero-order chi connectivity index (χ0) is 43.3. The summed E-state index contributed by atoms with van der Waals surface area (Å²) >= 11 is 0. The normalized spacial score (nSPS) is 11.7. The van der Waals surface area contributed by atoms with E-state index in [-0.39, 0.29) is 37.6 Å². The molecule has 0 atom stereocenters. The molecule has 0 saturated heterocycles. The van der Waals surface area contributed by atoms with E-state index >= 15 is 0 Å². The molecule has 0 aliphatic heterocycles. The van der Waals surface area contributed by atoms with Crippen molar-refractivity contribution in [1.29, 1.82) is 0 Å². The summed E-state index contributed by atoms with van der Waals surface area (Å²) in [4.78, 5) is 10.5. The van der Waals surface area contributed by atoms with Gasteiger partial charge < -0.3 is 5.11 Å². The summed E-state index contributed by atoms with van der Waals surface area (Å²) in [5.74, 6) is 0.931. The Morgan fingerprint density at radius 3 is 1.79 bits per heavy atom. The van der Waals surface area contributed by atoms with Crippen LogP contribution in [0.15, 0.2) is 164 Å². The summed E-state index contributed by atoms with van der Waals surface area (Å²) in [6.45, 7) is 17.5. The number of fused-ring (bicyclic) bond motifs is 1. The fraction of sp³-hybridized carbons (Fsp3) is 0.172. The van der Waals surface area contributed by atoms with Crippen molar-refractivity contribution < 1.29 is 26.2 Å². The predicted molar refractivity (Wildman–Crippen MR) is 259 cm³/mol. The van der Waals surface area contributed by atoms with Gasteiger partial charge in [0.15, 0.2) is 0 Å². The molecule has 0 amide bonds. The number of benzene rings is 7. The molecule has 0 aliphatic carbocycles. The summed E-state index contributed by atoms with van der Waals surface area (Å²) in [6.07, 6.45) is 1.88. The van der Waals surface area contributed by atoms with Crippen molar-refractivity contribution in [2.45, 2.75) is 66.2 Å². The van der Waals surface area contributed by atoms with Crippen molar-refractivity contribution >= 4 is 11.0 Å². The summed E-state index contributed by atoms with van der Waals surface area (Å²) in [7, 11) is 0. The Bertz CT molecular complexity index is 3100. The number of rotatable bonds is 7. The number of aromatic nitrogens is 3. The van der Waals surface area contributed by atoms with Gasteiger partial charge in [-0.2, -0.15) is 0 Å². The van der Waals surface area contributed by atoms with Crippen molar-refractivity contribution in [2.24, 2.45) is 0 Å². The maximum Gasteiger partial charge on any atom is 0.148 e. The molecule has 0 bridgehead atoms. The van der Waals surface area contributed by atoms with Crippen LogP contribution in [0.3, 0.4) is 0 Å². The van der Waals surface area contributed by atoms with Crippen LogP contribution < -0.4 is 0 Å². The van der Waals surface area contributed by atoms with Gasteiger partial charge in [0.05, 0.1) is 16.6 Å². The first-order valence-electron chi connectivity index (χ1n) is 21.5. The number of hydrogen-bond donors (Lipinski definition) is 1. The zero-order valence-corrected chi connectivity index (χ0v) is 39.5. The fourth-order valence-electron chi connectivity index (χ4n) is 8.49. The number of imidazole rings is 1. The van der Waals surface area contributed by atoms with Crippen LogP contribution in [-0.4, -0.2) is 19.6 Å². The van der Waals surface area contributed by atoms with Crippen molar-refractivity contribution in [2.75, 3.05) is 0 Å². The molecule has 1 N–H and O–H groups in total. The fourth-order valence-corrected chi connectivity index (χ4v) is 8.49. The smallest absolute Gasteiger partial charge is 0.148 e. The van der Waals surface area contributed by atoms with E-state index in [9.17, 15) is 5.11 Å². The molecule has 0 radical (unpaired) electrons. The molecule has 0 unspecified atom stereocenters. The molecule has 63 heavy (non-hydrogen) atoms. The molecule has 9 rings (SSSR count). The molecule has 0 fully saturated rings. The topological polar surface area (TPSA) is 50.9 Å². The third kappa shape index (κ3) is 8.45. The summed E-state index contributed by atoms with van der Waals surface area (Å²) in [6, 6.07) is 59.1. The predicted octanol–water partition coefficient (Wildman–Crippen LogP) is 15.1. The van der Waals surface area contributed by atoms with Crippen molar-refractivity contribution in [1.82, 2.24) is 14.5 Å². The quantitative estimate of drug-likeness (QED) is 0.162. The van der Waals surface area contributed by atoms with Crippen LogP contribution in [-0.2, 0) is 31.9 Å². The van der Waals surface area contributed by atoms with Crippen LogP contribution in [0.2, 0.25) is 0 Å². The number of phenolic OH excluding ortho intramolecular Hbond substituents is 1. The van der Waals surface area contributed by atoms with Crippen molar-refractivity contribution in [3.8, 4) is 78.6 Å². The molecular formula is C58H52N3OPt-. The number of aryl methyl sites for hydroxylation is 1. The van der Waals surface area contributed by atoms with Gasteiger partial charge in [0, 0.05) is 44.2 Å². The molecule has 4 nitrogen and oxygen atoms in total. The Morgan fingerprint density at radius 2 is 1.16 bits per heavy atom. The van der Waals surface area contributed by atoms with Crippen LogP contribution in [0.4, 0.5) is 0 Å². The summed E-state index contributed by atoms with van der Waals surface area (Å²) in [5.41, 5.74) is 17.6. The number of hydrogen-bond acceptors (Lipinski definition) is 3. The molecule has 9 aromatic rings. The van der Waals surface area contributed by atoms with E-state index in [1.54, 1.807) is 0 Å². The zero-order valence-electron chi connectivity index (χ0n) is 37.2. The van der Waals surface area contributed by atoms with Gasteiger partial charge in [0.25, 0.3) is 0 Å². The first-order valence-corrected chi connectivity index (χ1v) is 21.5. The minimum absolute atomic E-state index is 0. The summed E-state index contributed by atoms with van der Waals surface area (Å²) < 4.78 is 2.25. The third-order valence-electron chi connectivity index (χ3n) is 12.1. The van der Waals surface area contributed by atoms with Crippen LogP contribution in [0.25, 0.3) is 83.9 Å². The number of nitrogens with zero attached hydrogens (tertiary/aromatic N) is 3. The van der Waals surface area contributed by atoms with Crippen molar-refractivity contribution in [3.05, 3.63) is 192 Å². The van der Waals surface area contributed by atoms with Crippen LogP contribution in [0, 0.1) is 19.9 Å². The Kier molecular flexibility index (Phi) is 11.7. The average Bonchev–Trinajstić information content (AvgIpc) is 3.67. The molecular weight excluding hydrogens is 950 g/mol. The van der Waals surface area contributed by atoms with E-state index in [0.717, 1.165) is 83.6 Å². The second-order valence-corrected chi connectivity index (χ2v) is 18.5. The molecule has 0 spiro atoms. The standard InChI is InChI=1S/C58H52N3O.Pt/c1-37-29-47(36-49(38(37)2)41-23-16-11-17-24-41)61-53-26-18-25-48(54(53)60-56(61)50-34-46(57(3,4)5)35-51(55(50)62)58(6,7)8)44-30-43(40-21-14-10-15-22-40)31-45(32-44)52-33-42(27-28-59-52)39-19-12-9-13-20-39;/h9-31,33-36,62H,1-8H3;/q-1;. The van der Waals surface area contributed by atoms with Gasteiger partial charge in [-0.05, 0) is 99.5 Å². The maximum absolute atomic E-state index is 12.4. The number of para-hydroxylation sites is 1. The Labute approximate surface area is 386 Å². The van der Waals surface area contributed by atoms with Gasteiger partial charge in [-0.25, -0.2) is 4.98 Å². The average molecular weight is 1000 g/mol. The molecule has 2 aromatic heterocycles. The van der Waals surface area contributed by atoms with E-state index in [1.807, 2.05) is 18.3 Å². The maximum atomic E-state index is 12.4. The van der Waals surface area contributed by atoms with E-state index in [4.69, 9.17) is 9.97 Å². The largest absolute Gasteiger partial charge is 0.507 e. The molecule has 7 aromatic carbocycles. The molecule has 0 aliphatic rings. The van der Waals surface area contributed by atoms with Gasteiger partial charge in [-0.3, -0.25) is 9.55 Å². The number of pyridine rings is 1. The van der Waals surface area contributed by atoms with E-state index in [0.29, 0.717) is 11.4 Å². The monoisotopic (exact) mass is 1000 g/mol. The van der Waals surface area contributed by atoms with Gasteiger partial charge >= 0.3 is 0 Å². The third-order valence-corrected chi connectivity index (χ3v) is 12.1. The molecule has 0 saturated carbocycles. The first-order chi connectivity index (χ1) is 29.7. The van der Waals surface area contributed by atoms with Gasteiger partial charge in [-0.15, -0.1) is 23.8 Å². The molecule has 5 heteroatoms. The number of aromatic hydroxyl groups is 1. The SMILES string of the molecule is Cc1cc(-n2c(-c3cc(C(C)(C)C)cc(C(C)(C)C)c3O)nc3c(-c4[c-]c(-c5cc(-c6ccccc6)ccn5)cc(-c5ccccc5)c4)cccc32)cc(-c2ccccc2)c1C.[Pt]. The number of phenols is 1. The minimum atomic E-state index is -0.321. The van der Waals surface area contributed by atoms with Gasteiger partial charge in [0.1, 0.15) is 11.6 Å². The second kappa shape index (κ2) is 17.1. The van der Waals surface area contributed by atoms with Crippen molar-refractivity contribution in [3.63, 3.8) is 0 Å². The van der Waals surface area contributed by atoms with E-state index in [2.05, 4.69) is 212 Å². The van der Waals surface area contributed by atoms with Gasteiger partial charge in [0.2, 0.25) is 0 Å². The minimum Gasteiger partial charge on any atom is -0.507 e. The molecule has 316 valence electrons. The molecule has 2 heterocycles. The Morgan fingerprint density at radius 1 is 0.540 bits per heavy atom. The Balaban J connectivity index is 0.00000544. The van der Waals surface area contributed by atoms with Crippen LogP contribution in [0.1, 0.15) is 63.8 Å². The van der Waals surface area contributed by atoms with E-state index in [1.165, 1.54) is 11.1 Å². The van der Waals surface area contributed by atoms with Gasteiger partial charge in [-0.1, -0.05) is 173 Å². The van der Waals surface area contributed by atoms with E-state index < -0.39 is 0 Å². The second-order valence-electron chi connectivity index (χ2n) is 18.5.